The Kier molecular flexibility index (Phi) is 4.63. The molecule has 0 spiro atoms. The molecule has 0 atom stereocenters. The van der Waals surface area contributed by atoms with Crippen molar-refractivity contribution in [1.29, 1.82) is 0 Å². The highest BCUT2D eigenvalue weighted by Gasteiger charge is 2.27. The number of nitrogens with one attached hydrogen (secondary N) is 1. The zero-order chi connectivity index (χ0) is 18.0. The van der Waals surface area contributed by atoms with E-state index in [9.17, 15) is 23.1 Å². The van der Waals surface area contributed by atoms with Gasteiger partial charge in [-0.3, -0.25) is 4.79 Å². The van der Waals surface area contributed by atoms with Crippen LogP contribution in [0.3, 0.4) is 0 Å². The number of halogens is 3. The number of H-pyrrole nitrogens is 1. The molecule has 0 aliphatic carbocycles. The number of aromatic amines is 1. The fourth-order valence-corrected chi connectivity index (χ4v) is 2.90. The molecule has 25 heavy (non-hydrogen) atoms. The van der Waals surface area contributed by atoms with Crippen LogP contribution < -0.4 is 5.56 Å². The third kappa shape index (κ3) is 4.09. The normalized spacial score (nSPS) is 11.8. The highest BCUT2D eigenvalue weighted by molar-refractivity contribution is 5.82. The van der Waals surface area contributed by atoms with Crippen molar-refractivity contribution < 1.29 is 18.3 Å². The number of benzene rings is 2. The minimum atomic E-state index is -4.26. The van der Waals surface area contributed by atoms with Crippen molar-refractivity contribution in [2.45, 2.75) is 25.6 Å². The SMILES string of the molecule is O=c1[nH]c2c(CO)cccc2cc1Cc1cccc(CC(F)(F)F)c1. The third-order valence-corrected chi connectivity index (χ3v) is 4.00. The Morgan fingerprint density at radius 2 is 1.68 bits per heavy atom. The number of pyridine rings is 1. The first-order valence-corrected chi connectivity index (χ1v) is 7.75. The predicted octanol–water partition coefficient (Wildman–Crippen LogP) is 3.72. The van der Waals surface area contributed by atoms with Gasteiger partial charge in [-0.2, -0.15) is 13.2 Å². The van der Waals surface area contributed by atoms with E-state index in [2.05, 4.69) is 4.98 Å². The van der Waals surface area contributed by atoms with Crippen molar-refractivity contribution in [1.82, 2.24) is 4.98 Å². The van der Waals surface area contributed by atoms with E-state index in [0.717, 1.165) is 5.39 Å². The lowest BCUT2D eigenvalue weighted by Gasteiger charge is -2.09. The van der Waals surface area contributed by atoms with Gasteiger partial charge in [0.15, 0.2) is 0 Å². The number of hydrogen-bond donors (Lipinski definition) is 2. The molecule has 0 saturated heterocycles. The van der Waals surface area contributed by atoms with E-state index in [1.165, 1.54) is 12.1 Å². The van der Waals surface area contributed by atoms with Crippen LogP contribution in [0.1, 0.15) is 22.3 Å². The van der Waals surface area contributed by atoms with Crippen LogP contribution in [0, 0.1) is 0 Å². The highest BCUT2D eigenvalue weighted by atomic mass is 19.4. The maximum Gasteiger partial charge on any atom is 0.393 e. The smallest absolute Gasteiger partial charge is 0.392 e. The van der Waals surface area contributed by atoms with Gasteiger partial charge in [0, 0.05) is 17.5 Å². The molecule has 1 aromatic heterocycles. The summed E-state index contributed by atoms with van der Waals surface area (Å²) in [6.45, 7) is -0.188. The summed E-state index contributed by atoms with van der Waals surface area (Å²) in [6.07, 6.45) is -5.02. The van der Waals surface area contributed by atoms with Crippen LogP contribution in [0.2, 0.25) is 0 Å². The van der Waals surface area contributed by atoms with Crippen molar-refractivity contribution in [2.75, 3.05) is 0 Å². The molecule has 0 amide bonds. The predicted molar refractivity (Wildman–Crippen MR) is 89.5 cm³/mol. The van der Waals surface area contributed by atoms with Crippen molar-refractivity contribution in [2.24, 2.45) is 0 Å². The Balaban J connectivity index is 1.94. The lowest BCUT2D eigenvalue weighted by molar-refractivity contribution is -0.127. The fourth-order valence-electron chi connectivity index (χ4n) is 2.90. The third-order valence-electron chi connectivity index (χ3n) is 4.00. The van der Waals surface area contributed by atoms with Gasteiger partial charge in [0.05, 0.1) is 18.5 Å². The van der Waals surface area contributed by atoms with Gasteiger partial charge in [0.25, 0.3) is 5.56 Å². The van der Waals surface area contributed by atoms with E-state index in [1.807, 2.05) is 6.07 Å². The molecule has 130 valence electrons. The van der Waals surface area contributed by atoms with Gasteiger partial charge < -0.3 is 10.1 Å². The summed E-state index contributed by atoms with van der Waals surface area (Å²) < 4.78 is 37.6. The first-order chi connectivity index (χ1) is 11.9. The molecular formula is C19H16F3NO2. The van der Waals surface area contributed by atoms with Gasteiger partial charge in [0.2, 0.25) is 0 Å². The van der Waals surface area contributed by atoms with E-state index in [0.29, 0.717) is 22.2 Å². The van der Waals surface area contributed by atoms with Gasteiger partial charge in [-0.1, -0.05) is 42.5 Å². The van der Waals surface area contributed by atoms with Gasteiger partial charge in [0.1, 0.15) is 0 Å². The molecule has 0 fully saturated rings. The Hall–Kier alpha value is -2.60. The average Bonchev–Trinajstić information content (AvgIpc) is 2.54. The minimum Gasteiger partial charge on any atom is -0.392 e. The van der Waals surface area contributed by atoms with Gasteiger partial charge >= 0.3 is 6.18 Å². The number of alkyl halides is 3. The first kappa shape index (κ1) is 17.2. The number of aliphatic hydroxyl groups is 1. The molecular weight excluding hydrogens is 331 g/mol. The molecule has 3 nitrogen and oxygen atoms in total. The van der Waals surface area contributed by atoms with Crippen LogP contribution in [-0.4, -0.2) is 16.3 Å². The summed E-state index contributed by atoms with van der Waals surface area (Å²) >= 11 is 0. The van der Waals surface area contributed by atoms with Crippen LogP contribution in [0.5, 0.6) is 0 Å². The summed E-state index contributed by atoms with van der Waals surface area (Å²) in [5.74, 6) is 0. The molecule has 6 heteroatoms. The summed E-state index contributed by atoms with van der Waals surface area (Å²) in [5.41, 5.74) is 2.16. The quantitative estimate of drug-likeness (QED) is 0.756. The molecule has 0 unspecified atom stereocenters. The van der Waals surface area contributed by atoms with E-state index >= 15 is 0 Å². The number of aromatic nitrogens is 1. The number of fused-ring (bicyclic) bond motifs is 1. The Labute approximate surface area is 141 Å². The largest absolute Gasteiger partial charge is 0.393 e. The first-order valence-electron chi connectivity index (χ1n) is 7.75. The molecule has 0 radical (unpaired) electrons. The van der Waals surface area contributed by atoms with Gasteiger partial charge in [-0.25, -0.2) is 0 Å². The molecule has 3 rings (SSSR count). The molecule has 3 aromatic rings. The Morgan fingerprint density at radius 3 is 2.40 bits per heavy atom. The van der Waals surface area contributed by atoms with Gasteiger partial charge in [-0.05, 0) is 22.6 Å². The summed E-state index contributed by atoms with van der Waals surface area (Å²) in [5, 5.41) is 10.1. The number of hydrogen-bond acceptors (Lipinski definition) is 2. The van der Waals surface area contributed by atoms with Crippen LogP contribution in [0.15, 0.2) is 53.3 Å². The number of rotatable bonds is 4. The second-order valence-corrected chi connectivity index (χ2v) is 5.95. The summed E-state index contributed by atoms with van der Waals surface area (Å²) in [6, 6.07) is 13.2. The topological polar surface area (TPSA) is 53.1 Å². The van der Waals surface area contributed by atoms with Crippen LogP contribution in [0.25, 0.3) is 10.9 Å². The monoisotopic (exact) mass is 347 g/mol. The fraction of sp³-hybridized carbons (Fsp3) is 0.211. The minimum absolute atomic E-state index is 0.171. The molecule has 0 aliphatic rings. The van der Waals surface area contributed by atoms with Crippen molar-refractivity contribution in [3.8, 4) is 0 Å². The molecule has 1 heterocycles. The Morgan fingerprint density at radius 1 is 0.960 bits per heavy atom. The van der Waals surface area contributed by atoms with Crippen molar-refractivity contribution >= 4 is 10.9 Å². The molecule has 0 saturated carbocycles. The number of para-hydroxylation sites is 1. The van der Waals surface area contributed by atoms with Gasteiger partial charge in [-0.15, -0.1) is 0 Å². The highest BCUT2D eigenvalue weighted by Crippen LogP contribution is 2.23. The number of aliphatic hydroxyl groups excluding tert-OH is 1. The zero-order valence-corrected chi connectivity index (χ0v) is 13.2. The van der Waals surface area contributed by atoms with Crippen LogP contribution >= 0.6 is 0 Å². The molecule has 0 aliphatic heterocycles. The van der Waals surface area contributed by atoms with E-state index < -0.39 is 12.6 Å². The molecule has 2 aromatic carbocycles. The second-order valence-electron chi connectivity index (χ2n) is 5.95. The molecule has 2 N–H and O–H groups in total. The van der Waals surface area contributed by atoms with Crippen LogP contribution in [-0.2, 0) is 19.4 Å². The maximum absolute atomic E-state index is 12.5. The lowest BCUT2D eigenvalue weighted by atomic mass is 10.0. The maximum atomic E-state index is 12.5. The van der Waals surface area contributed by atoms with E-state index in [1.54, 1.807) is 30.3 Å². The zero-order valence-electron chi connectivity index (χ0n) is 13.2. The van der Waals surface area contributed by atoms with E-state index in [-0.39, 0.29) is 24.2 Å². The average molecular weight is 347 g/mol. The van der Waals surface area contributed by atoms with Crippen LogP contribution in [0.4, 0.5) is 13.2 Å². The standard InChI is InChI=1S/C19H16F3NO2/c20-19(21,22)10-13-4-1-3-12(7-13)8-16-9-14-5-2-6-15(11-24)17(14)23-18(16)25/h1-7,9,24H,8,10-11H2,(H,23,25). The summed E-state index contributed by atoms with van der Waals surface area (Å²) in [4.78, 5) is 15.1. The summed E-state index contributed by atoms with van der Waals surface area (Å²) in [7, 11) is 0. The molecule has 0 bridgehead atoms. The second kappa shape index (κ2) is 6.72. The van der Waals surface area contributed by atoms with Crippen molar-refractivity contribution in [3.63, 3.8) is 0 Å². The lowest BCUT2D eigenvalue weighted by Crippen LogP contribution is -2.14. The Bertz CT molecular complexity index is 961. The van der Waals surface area contributed by atoms with E-state index in [4.69, 9.17) is 0 Å². The van der Waals surface area contributed by atoms with Crippen molar-refractivity contribution in [3.05, 3.63) is 81.1 Å².